The molecule has 0 saturated carbocycles. The summed E-state index contributed by atoms with van der Waals surface area (Å²) < 4.78 is 17.8. The normalized spacial score (nSPS) is 11.4. The van der Waals surface area contributed by atoms with Crippen molar-refractivity contribution >= 4 is 23.9 Å². The number of nitrogens with one attached hydrogen (secondary N) is 1. The molecule has 1 aromatic carbocycles. The number of thioether (sulfide) groups is 1. The van der Waals surface area contributed by atoms with E-state index in [1.165, 1.54) is 23.9 Å². The summed E-state index contributed by atoms with van der Waals surface area (Å²) in [5.74, 6) is 2.02. The fourth-order valence-corrected chi connectivity index (χ4v) is 2.31. The second-order valence-corrected chi connectivity index (χ2v) is 5.35. The van der Waals surface area contributed by atoms with Crippen molar-refractivity contribution in [3.8, 4) is 0 Å². The van der Waals surface area contributed by atoms with E-state index < -0.39 is 0 Å². The zero-order valence-electron chi connectivity index (χ0n) is 11.7. The SMILES string of the molecule is Cc1noc(CSc2n[nH]c(/C=C/c3ccc(F)cc3)n2)n1. The van der Waals surface area contributed by atoms with Crippen LogP contribution in [-0.2, 0) is 5.75 Å². The summed E-state index contributed by atoms with van der Waals surface area (Å²) in [6, 6.07) is 6.20. The molecule has 0 aliphatic heterocycles. The molecule has 0 unspecified atom stereocenters. The molecule has 0 aliphatic carbocycles. The number of benzene rings is 1. The molecule has 2 aromatic heterocycles. The van der Waals surface area contributed by atoms with E-state index in [2.05, 4.69) is 25.3 Å². The van der Waals surface area contributed by atoms with Gasteiger partial charge in [-0.2, -0.15) is 4.98 Å². The highest BCUT2D eigenvalue weighted by atomic mass is 32.2. The van der Waals surface area contributed by atoms with E-state index in [-0.39, 0.29) is 5.82 Å². The molecule has 0 aliphatic rings. The Balaban J connectivity index is 1.59. The van der Waals surface area contributed by atoms with E-state index in [0.29, 0.717) is 28.4 Å². The summed E-state index contributed by atoms with van der Waals surface area (Å²) in [7, 11) is 0. The molecule has 8 heteroatoms. The van der Waals surface area contributed by atoms with Crippen LogP contribution in [-0.4, -0.2) is 25.3 Å². The van der Waals surface area contributed by atoms with Gasteiger partial charge in [0.15, 0.2) is 5.82 Å². The van der Waals surface area contributed by atoms with Crippen molar-refractivity contribution in [2.24, 2.45) is 0 Å². The van der Waals surface area contributed by atoms with Gasteiger partial charge in [-0.15, -0.1) is 5.10 Å². The van der Waals surface area contributed by atoms with Gasteiger partial charge in [0, 0.05) is 0 Å². The Bertz CT molecular complexity index is 781. The number of aromatic amines is 1. The summed E-state index contributed by atoms with van der Waals surface area (Å²) in [5.41, 5.74) is 0.883. The number of aryl methyl sites for hydroxylation is 1. The van der Waals surface area contributed by atoms with E-state index >= 15 is 0 Å². The Kier molecular flexibility index (Phi) is 4.29. The van der Waals surface area contributed by atoms with Crippen LogP contribution in [0.25, 0.3) is 12.2 Å². The van der Waals surface area contributed by atoms with E-state index in [1.54, 1.807) is 25.1 Å². The molecule has 6 nitrogen and oxygen atoms in total. The first-order chi connectivity index (χ1) is 10.7. The third-order valence-electron chi connectivity index (χ3n) is 2.68. The Labute approximate surface area is 129 Å². The summed E-state index contributed by atoms with van der Waals surface area (Å²) in [5, 5.41) is 11.2. The number of nitrogens with zero attached hydrogens (tertiary/aromatic N) is 4. The van der Waals surface area contributed by atoms with E-state index in [1.807, 2.05) is 6.08 Å². The fraction of sp³-hybridized carbons (Fsp3) is 0.143. The molecule has 1 N–H and O–H groups in total. The van der Waals surface area contributed by atoms with Crippen LogP contribution in [0.2, 0.25) is 0 Å². The van der Waals surface area contributed by atoms with Crippen molar-refractivity contribution in [3.05, 3.63) is 53.2 Å². The van der Waals surface area contributed by atoms with Crippen LogP contribution in [0, 0.1) is 12.7 Å². The van der Waals surface area contributed by atoms with Crippen LogP contribution >= 0.6 is 11.8 Å². The molecular formula is C14H12FN5OS. The van der Waals surface area contributed by atoms with Crippen molar-refractivity contribution < 1.29 is 8.91 Å². The number of halogens is 1. The highest BCUT2D eigenvalue weighted by molar-refractivity contribution is 7.98. The first-order valence-corrected chi connectivity index (χ1v) is 7.45. The van der Waals surface area contributed by atoms with Crippen molar-refractivity contribution in [2.45, 2.75) is 17.8 Å². The first kappa shape index (κ1) is 14.5. The van der Waals surface area contributed by atoms with Crippen molar-refractivity contribution in [2.75, 3.05) is 0 Å². The fourth-order valence-electron chi connectivity index (χ4n) is 1.67. The maximum atomic E-state index is 12.8. The molecule has 3 aromatic rings. The molecule has 22 heavy (non-hydrogen) atoms. The van der Waals surface area contributed by atoms with Gasteiger partial charge in [0.25, 0.3) is 0 Å². The van der Waals surface area contributed by atoms with Crippen LogP contribution in [0.1, 0.15) is 23.1 Å². The Morgan fingerprint density at radius 2 is 2.05 bits per heavy atom. The van der Waals surface area contributed by atoms with E-state index in [4.69, 9.17) is 4.52 Å². The maximum Gasteiger partial charge on any atom is 0.237 e. The average Bonchev–Trinajstić information content (AvgIpc) is 3.13. The van der Waals surface area contributed by atoms with Crippen LogP contribution < -0.4 is 0 Å². The molecule has 0 radical (unpaired) electrons. The van der Waals surface area contributed by atoms with Crippen LogP contribution in [0.5, 0.6) is 0 Å². The number of hydrogen-bond donors (Lipinski definition) is 1. The smallest absolute Gasteiger partial charge is 0.237 e. The minimum atomic E-state index is -0.258. The largest absolute Gasteiger partial charge is 0.338 e. The average molecular weight is 317 g/mol. The van der Waals surface area contributed by atoms with Crippen LogP contribution in [0.4, 0.5) is 4.39 Å². The van der Waals surface area contributed by atoms with Crippen LogP contribution in [0.3, 0.4) is 0 Å². The molecule has 0 fully saturated rings. The summed E-state index contributed by atoms with van der Waals surface area (Å²) in [4.78, 5) is 8.42. The van der Waals surface area contributed by atoms with E-state index in [9.17, 15) is 4.39 Å². The molecule has 0 saturated heterocycles. The van der Waals surface area contributed by atoms with Crippen molar-refractivity contribution in [1.29, 1.82) is 0 Å². The summed E-state index contributed by atoms with van der Waals surface area (Å²) in [6.45, 7) is 1.77. The minimum Gasteiger partial charge on any atom is -0.338 e. The first-order valence-electron chi connectivity index (χ1n) is 6.47. The topological polar surface area (TPSA) is 80.5 Å². The lowest BCUT2D eigenvalue weighted by atomic mass is 10.2. The number of H-pyrrole nitrogens is 1. The highest BCUT2D eigenvalue weighted by Crippen LogP contribution is 2.18. The molecule has 0 bridgehead atoms. The van der Waals surface area contributed by atoms with Gasteiger partial charge >= 0.3 is 0 Å². The number of rotatable bonds is 5. The van der Waals surface area contributed by atoms with Gasteiger partial charge in [-0.3, -0.25) is 5.10 Å². The predicted octanol–water partition coefficient (Wildman–Crippen LogP) is 3.10. The Morgan fingerprint density at radius 3 is 2.77 bits per heavy atom. The van der Waals surface area contributed by atoms with Gasteiger partial charge in [-0.25, -0.2) is 9.37 Å². The van der Waals surface area contributed by atoms with E-state index in [0.717, 1.165) is 5.56 Å². The molecule has 112 valence electrons. The van der Waals surface area contributed by atoms with Crippen LogP contribution in [0.15, 0.2) is 33.9 Å². The second-order valence-electron chi connectivity index (χ2n) is 4.41. The molecule has 2 heterocycles. The lowest BCUT2D eigenvalue weighted by Gasteiger charge is -1.91. The molecule has 0 spiro atoms. The van der Waals surface area contributed by atoms with Gasteiger partial charge in [-0.05, 0) is 30.7 Å². The van der Waals surface area contributed by atoms with Gasteiger partial charge in [0.1, 0.15) is 11.6 Å². The molecule has 0 atom stereocenters. The third kappa shape index (κ3) is 3.79. The molecule has 0 amide bonds. The third-order valence-corrected chi connectivity index (χ3v) is 3.51. The number of hydrogen-bond acceptors (Lipinski definition) is 6. The zero-order chi connectivity index (χ0) is 15.4. The highest BCUT2D eigenvalue weighted by Gasteiger charge is 2.07. The summed E-state index contributed by atoms with van der Waals surface area (Å²) >= 11 is 1.40. The predicted molar refractivity (Wildman–Crippen MR) is 80.3 cm³/mol. The van der Waals surface area contributed by atoms with Gasteiger partial charge in [0.2, 0.25) is 11.0 Å². The molecular weight excluding hydrogens is 305 g/mol. The quantitative estimate of drug-likeness (QED) is 0.728. The van der Waals surface area contributed by atoms with Gasteiger partial charge in [-0.1, -0.05) is 35.1 Å². The monoisotopic (exact) mass is 317 g/mol. The summed E-state index contributed by atoms with van der Waals surface area (Å²) in [6.07, 6.45) is 3.61. The maximum absolute atomic E-state index is 12.8. The Morgan fingerprint density at radius 1 is 1.23 bits per heavy atom. The Hall–Kier alpha value is -2.48. The number of aromatic nitrogens is 5. The van der Waals surface area contributed by atoms with Crippen molar-refractivity contribution in [1.82, 2.24) is 25.3 Å². The van der Waals surface area contributed by atoms with Crippen molar-refractivity contribution in [3.63, 3.8) is 0 Å². The molecule has 3 rings (SSSR count). The zero-order valence-corrected chi connectivity index (χ0v) is 12.5. The lowest BCUT2D eigenvalue weighted by Crippen LogP contribution is -1.82. The van der Waals surface area contributed by atoms with Gasteiger partial charge < -0.3 is 4.52 Å². The second kappa shape index (κ2) is 6.52. The lowest BCUT2D eigenvalue weighted by molar-refractivity contribution is 0.387. The minimum absolute atomic E-state index is 0.258. The standard InChI is InChI=1S/C14H12FN5OS/c1-9-16-13(21-20-9)8-22-14-17-12(18-19-14)7-4-10-2-5-11(15)6-3-10/h2-7H,8H2,1H3,(H,17,18,19)/b7-4+. The van der Waals surface area contributed by atoms with Gasteiger partial charge in [0.05, 0.1) is 5.75 Å².